The summed E-state index contributed by atoms with van der Waals surface area (Å²) in [5.74, 6) is -0.218. The van der Waals surface area contributed by atoms with Crippen molar-refractivity contribution in [3.8, 4) is 0 Å². The SMILES string of the molecule is Cc1ccc(Br)cc1C(Cl)c1ccc(F)c2ccccc12. The Kier molecular flexibility index (Phi) is 4.01. The largest absolute Gasteiger partial charge is 0.206 e. The van der Waals surface area contributed by atoms with E-state index in [1.807, 2.05) is 43.3 Å². The Hall–Kier alpha value is -1.38. The van der Waals surface area contributed by atoms with E-state index in [1.54, 1.807) is 12.1 Å². The van der Waals surface area contributed by atoms with E-state index < -0.39 is 0 Å². The molecule has 3 aromatic carbocycles. The molecule has 0 heterocycles. The highest BCUT2D eigenvalue weighted by Gasteiger charge is 2.17. The first-order chi connectivity index (χ1) is 10.1. The minimum absolute atomic E-state index is 0.218. The van der Waals surface area contributed by atoms with Gasteiger partial charge >= 0.3 is 0 Å². The number of alkyl halides is 1. The molecule has 0 aliphatic carbocycles. The van der Waals surface area contributed by atoms with Crippen LogP contribution in [0.15, 0.2) is 59.1 Å². The van der Waals surface area contributed by atoms with E-state index in [4.69, 9.17) is 11.6 Å². The van der Waals surface area contributed by atoms with Crippen LogP contribution < -0.4 is 0 Å². The van der Waals surface area contributed by atoms with Crippen molar-refractivity contribution in [1.29, 1.82) is 0 Å². The predicted molar refractivity (Wildman–Crippen MR) is 90.5 cm³/mol. The highest BCUT2D eigenvalue weighted by molar-refractivity contribution is 9.10. The molecule has 0 aromatic heterocycles. The molecule has 0 saturated carbocycles. The number of hydrogen-bond acceptors (Lipinski definition) is 0. The second-order valence-electron chi connectivity index (χ2n) is 5.05. The fourth-order valence-corrected chi connectivity index (χ4v) is 3.36. The first-order valence-electron chi connectivity index (χ1n) is 6.65. The summed E-state index contributed by atoms with van der Waals surface area (Å²) in [5, 5.41) is 1.15. The lowest BCUT2D eigenvalue weighted by Gasteiger charge is -2.16. The lowest BCUT2D eigenvalue weighted by Crippen LogP contribution is -1.98. The summed E-state index contributed by atoms with van der Waals surface area (Å²) in [4.78, 5) is 0. The summed E-state index contributed by atoms with van der Waals surface area (Å²) in [6.45, 7) is 2.03. The molecule has 1 atom stereocenters. The van der Waals surface area contributed by atoms with Crippen LogP contribution in [-0.4, -0.2) is 0 Å². The van der Waals surface area contributed by atoms with E-state index in [1.165, 1.54) is 6.07 Å². The van der Waals surface area contributed by atoms with Crippen molar-refractivity contribution in [3.63, 3.8) is 0 Å². The van der Waals surface area contributed by atoms with Crippen molar-refractivity contribution in [3.05, 3.63) is 81.6 Å². The Balaban J connectivity index is 2.20. The summed E-state index contributed by atoms with van der Waals surface area (Å²) in [6, 6.07) is 16.7. The quantitative estimate of drug-likeness (QED) is 0.463. The summed E-state index contributed by atoms with van der Waals surface area (Å²) in [5.41, 5.74) is 3.07. The molecule has 0 aliphatic rings. The molecule has 0 radical (unpaired) electrons. The van der Waals surface area contributed by atoms with Crippen LogP contribution in [0.1, 0.15) is 22.1 Å². The van der Waals surface area contributed by atoms with Crippen LogP contribution in [0.5, 0.6) is 0 Å². The monoisotopic (exact) mass is 362 g/mol. The van der Waals surface area contributed by atoms with Crippen LogP contribution in [0.3, 0.4) is 0 Å². The molecule has 0 N–H and O–H groups in total. The average molecular weight is 364 g/mol. The van der Waals surface area contributed by atoms with Crippen LogP contribution >= 0.6 is 27.5 Å². The van der Waals surface area contributed by atoms with Crippen LogP contribution in [0.4, 0.5) is 4.39 Å². The Morgan fingerprint density at radius 3 is 2.43 bits per heavy atom. The molecule has 0 spiro atoms. The van der Waals surface area contributed by atoms with Gasteiger partial charge in [-0.05, 0) is 47.2 Å². The number of hydrogen-bond donors (Lipinski definition) is 0. The molecule has 21 heavy (non-hydrogen) atoms. The third-order valence-corrected chi connectivity index (χ3v) is 4.66. The molecule has 0 fully saturated rings. The maximum atomic E-state index is 13.9. The van der Waals surface area contributed by atoms with E-state index >= 15 is 0 Å². The zero-order chi connectivity index (χ0) is 15.0. The van der Waals surface area contributed by atoms with Gasteiger partial charge in [-0.25, -0.2) is 4.39 Å². The van der Waals surface area contributed by atoms with Crippen molar-refractivity contribution >= 4 is 38.3 Å². The number of benzene rings is 3. The van der Waals surface area contributed by atoms with Crippen LogP contribution in [0.2, 0.25) is 0 Å². The van der Waals surface area contributed by atoms with Gasteiger partial charge in [-0.1, -0.05) is 52.3 Å². The van der Waals surface area contributed by atoms with Crippen LogP contribution in [-0.2, 0) is 0 Å². The molecule has 3 heteroatoms. The third-order valence-electron chi connectivity index (χ3n) is 3.69. The Morgan fingerprint density at radius 1 is 0.952 bits per heavy atom. The van der Waals surface area contributed by atoms with Gasteiger partial charge in [0.1, 0.15) is 5.82 Å². The fraction of sp³-hybridized carbons (Fsp3) is 0.111. The minimum Gasteiger partial charge on any atom is -0.206 e. The molecule has 106 valence electrons. The number of fused-ring (bicyclic) bond motifs is 1. The summed E-state index contributed by atoms with van der Waals surface area (Å²) < 4.78 is 14.9. The summed E-state index contributed by atoms with van der Waals surface area (Å²) in [7, 11) is 0. The van der Waals surface area contributed by atoms with Gasteiger partial charge in [-0.2, -0.15) is 0 Å². The van der Waals surface area contributed by atoms with Gasteiger partial charge in [0, 0.05) is 9.86 Å². The van der Waals surface area contributed by atoms with Gasteiger partial charge < -0.3 is 0 Å². The van der Waals surface area contributed by atoms with E-state index in [0.29, 0.717) is 5.39 Å². The molecule has 0 aliphatic heterocycles. The highest BCUT2D eigenvalue weighted by atomic mass is 79.9. The molecule has 0 amide bonds. The molecule has 0 nitrogen and oxygen atoms in total. The van der Waals surface area contributed by atoms with E-state index in [0.717, 1.165) is 26.5 Å². The molecule has 0 saturated heterocycles. The zero-order valence-corrected chi connectivity index (χ0v) is 13.7. The van der Waals surface area contributed by atoms with Crippen molar-refractivity contribution in [1.82, 2.24) is 0 Å². The maximum Gasteiger partial charge on any atom is 0.131 e. The summed E-state index contributed by atoms with van der Waals surface area (Å²) >= 11 is 10.2. The molecular formula is C18H13BrClF. The molecule has 3 aromatic rings. The van der Waals surface area contributed by atoms with Crippen molar-refractivity contribution < 1.29 is 4.39 Å². The van der Waals surface area contributed by atoms with Crippen molar-refractivity contribution in [2.45, 2.75) is 12.3 Å². The Labute approximate surface area is 136 Å². The van der Waals surface area contributed by atoms with Gasteiger partial charge in [-0.3, -0.25) is 0 Å². The highest BCUT2D eigenvalue weighted by Crippen LogP contribution is 2.37. The number of rotatable bonds is 2. The number of halogens is 3. The average Bonchev–Trinajstić information content (AvgIpc) is 2.50. The van der Waals surface area contributed by atoms with Gasteiger partial charge in [0.25, 0.3) is 0 Å². The van der Waals surface area contributed by atoms with Crippen LogP contribution in [0.25, 0.3) is 10.8 Å². The topological polar surface area (TPSA) is 0 Å². The second kappa shape index (κ2) is 5.78. The third kappa shape index (κ3) is 2.70. The number of aryl methyl sites for hydroxylation is 1. The van der Waals surface area contributed by atoms with Crippen molar-refractivity contribution in [2.24, 2.45) is 0 Å². The standard InChI is InChI=1S/C18H13BrClF/c1-11-6-7-12(19)10-16(11)18(20)15-8-9-17(21)14-5-3-2-4-13(14)15/h2-10,18H,1H3. The van der Waals surface area contributed by atoms with E-state index in [2.05, 4.69) is 15.9 Å². The van der Waals surface area contributed by atoms with Crippen LogP contribution in [0, 0.1) is 12.7 Å². The molecular weight excluding hydrogens is 351 g/mol. The minimum atomic E-state index is -0.312. The summed E-state index contributed by atoms with van der Waals surface area (Å²) in [6.07, 6.45) is 0. The molecule has 1 unspecified atom stereocenters. The smallest absolute Gasteiger partial charge is 0.131 e. The zero-order valence-electron chi connectivity index (χ0n) is 11.4. The Morgan fingerprint density at radius 2 is 1.67 bits per heavy atom. The van der Waals surface area contributed by atoms with Gasteiger partial charge in [-0.15, -0.1) is 11.6 Å². The molecule has 3 rings (SSSR count). The van der Waals surface area contributed by atoms with E-state index in [9.17, 15) is 4.39 Å². The second-order valence-corrected chi connectivity index (χ2v) is 6.40. The van der Waals surface area contributed by atoms with Crippen molar-refractivity contribution in [2.75, 3.05) is 0 Å². The lowest BCUT2D eigenvalue weighted by atomic mass is 9.95. The van der Waals surface area contributed by atoms with E-state index in [-0.39, 0.29) is 11.2 Å². The lowest BCUT2D eigenvalue weighted by molar-refractivity contribution is 0.639. The first kappa shape index (κ1) is 14.6. The Bertz CT molecular complexity index is 813. The first-order valence-corrected chi connectivity index (χ1v) is 7.88. The maximum absolute atomic E-state index is 13.9. The fourth-order valence-electron chi connectivity index (χ4n) is 2.56. The van der Waals surface area contributed by atoms with Gasteiger partial charge in [0.05, 0.1) is 5.38 Å². The molecule has 0 bridgehead atoms. The van der Waals surface area contributed by atoms with Gasteiger partial charge in [0.15, 0.2) is 0 Å². The van der Waals surface area contributed by atoms with Gasteiger partial charge in [0.2, 0.25) is 0 Å². The predicted octanol–water partition coefficient (Wildman–Crippen LogP) is 6.38. The normalized spacial score (nSPS) is 12.6.